The van der Waals surface area contributed by atoms with E-state index in [4.69, 9.17) is 4.42 Å². The number of hydrogen-bond donors (Lipinski definition) is 3. The summed E-state index contributed by atoms with van der Waals surface area (Å²) in [6, 6.07) is 17.0. The van der Waals surface area contributed by atoms with Gasteiger partial charge in [0.05, 0.1) is 12.5 Å². The number of aliphatic hydroxyl groups excluding tert-OH is 2. The van der Waals surface area contributed by atoms with Gasteiger partial charge in [-0.25, -0.2) is 4.98 Å². The van der Waals surface area contributed by atoms with E-state index in [0.29, 0.717) is 37.4 Å². The first-order valence-electron chi connectivity index (χ1n) is 11.0. The summed E-state index contributed by atoms with van der Waals surface area (Å²) in [4.78, 5) is 30.7. The second-order valence-corrected chi connectivity index (χ2v) is 8.22. The second-order valence-electron chi connectivity index (χ2n) is 8.22. The maximum absolute atomic E-state index is 12.7. The van der Waals surface area contributed by atoms with Crippen molar-refractivity contribution in [2.24, 2.45) is 5.92 Å². The third-order valence-corrected chi connectivity index (χ3v) is 5.86. The first-order chi connectivity index (χ1) is 16.0. The van der Waals surface area contributed by atoms with Crippen LogP contribution >= 0.6 is 0 Å². The molecule has 1 aromatic heterocycles. The molecule has 1 aliphatic heterocycles. The molecule has 2 atom stereocenters. The van der Waals surface area contributed by atoms with Crippen LogP contribution in [0.4, 0.5) is 0 Å². The third kappa shape index (κ3) is 5.66. The molecule has 1 fully saturated rings. The molecular formula is C25H27N3O5. The van der Waals surface area contributed by atoms with Crippen LogP contribution in [0.25, 0.3) is 11.5 Å². The highest BCUT2D eigenvalue weighted by Crippen LogP contribution is 2.22. The van der Waals surface area contributed by atoms with Gasteiger partial charge in [0.15, 0.2) is 5.69 Å². The van der Waals surface area contributed by atoms with Crippen molar-refractivity contribution in [2.75, 3.05) is 19.7 Å². The van der Waals surface area contributed by atoms with Gasteiger partial charge in [-0.1, -0.05) is 42.5 Å². The molecule has 33 heavy (non-hydrogen) atoms. The maximum atomic E-state index is 12.7. The third-order valence-electron chi connectivity index (χ3n) is 5.86. The van der Waals surface area contributed by atoms with Crippen LogP contribution in [-0.2, 0) is 17.8 Å². The number of aliphatic hydroxyl groups is 2. The van der Waals surface area contributed by atoms with Gasteiger partial charge in [-0.05, 0) is 29.7 Å². The molecule has 2 amide bonds. The second kappa shape index (κ2) is 10.4. The summed E-state index contributed by atoms with van der Waals surface area (Å²) in [5.41, 5.74) is 2.79. The van der Waals surface area contributed by atoms with E-state index in [2.05, 4.69) is 10.3 Å². The van der Waals surface area contributed by atoms with Gasteiger partial charge in [-0.2, -0.15) is 0 Å². The molecule has 0 bridgehead atoms. The molecule has 3 aromatic rings. The van der Waals surface area contributed by atoms with Crippen LogP contribution in [-0.4, -0.2) is 57.7 Å². The van der Waals surface area contributed by atoms with Crippen LogP contribution in [0, 0.1) is 5.92 Å². The summed E-state index contributed by atoms with van der Waals surface area (Å²) in [5.74, 6) is -0.236. The molecule has 2 aromatic carbocycles. The van der Waals surface area contributed by atoms with E-state index < -0.39 is 6.10 Å². The molecule has 1 aliphatic rings. The Morgan fingerprint density at radius 2 is 1.85 bits per heavy atom. The van der Waals surface area contributed by atoms with Crippen molar-refractivity contribution in [3.05, 3.63) is 77.7 Å². The van der Waals surface area contributed by atoms with Crippen molar-refractivity contribution in [3.8, 4) is 11.5 Å². The average molecular weight is 450 g/mol. The Hall–Kier alpha value is -3.49. The number of amides is 2. The summed E-state index contributed by atoms with van der Waals surface area (Å²) in [5, 5.41) is 22.2. The molecule has 2 heterocycles. The smallest absolute Gasteiger partial charge is 0.275 e. The zero-order chi connectivity index (χ0) is 23.2. The van der Waals surface area contributed by atoms with Crippen LogP contribution < -0.4 is 5.32 Å². The Bertz CT molecular complexity index is 1080. The highest BCUT2D eigenvalue weighted by Gasteiger charge is 2.31. The zero-order valence-electron chi connectivity index (χ0n) is 18.2. The number of β-amino-alcohol motifs (C(OH)–C–C–N with tert-alkyl or cyclic N) is 1. The van der Waals surface area contributed by atoms with Crippen LogP contribution in [0.5, 0.6) is 0 Å². The summed E-state index contributed by atoms with van der Waals surface area (Å²) in [6.07, 6.45) is 1.44. The summed E-state index contributed by atoms with van der Waals surface area (Å²) >= 11 is 0. The number of hydrogen-bond acceptors (Lipinski definition) is 6. The lowest BCUT2D eigenvalue weighted by atomic mass is 9.94. The number of oxazole rings is 1. The lowest BCUT2D eigenvalue weighted by molar-refractivity contribution is -0.120. The minimum Gasteiger partial charge on any atom is -0.444 e. The monoisotopic (exact) mass is 449 g/mol. The van der Waals surface area contributed by atoms with Crippen LogP contribution in [0.2, 0.25) is 0 Å². The van der Waals surface area contributed by atoms with Gasteiger partial charge in [0.1, 0.15) is 6.26 Å². The molecule has 0 saturated carbocycles. The van der Waals surface area contributed by atoms with E-state index in [1.165, 1.54) is 11.2 Å². The van der Waals surface area contributed by atoms with Crippen molar-refractivity contribution < 1.29 is 24.2 Å². The summed E-state index contributed by atoms with van der Waals surface area (Å²) in [7, 11) is 0. The fourth-order valence-corrected chi connectivity index (χ4v) is 3.85. The lowest BCUT2D eigenvalue weighted by Crippen LogP contribution is -2.47. The fraction of sp³-hybridized carbons (Fsp3) is 0.320. The molecular weight excluding hydrogens is 422 g/mol. The van der Waals surface area contributed by atoms with Gasteiger partial charge in [-0.3, -0.25) is 9.59 Å². The molecule has 0 unspecified atom stereocenters. The molecule has 1 saturated heterocycles. The molecule has 4 rings (SSSR count). The van der Waals surface area contributed by atoms with Gasteiger partial charge < -0.3 is 24.8 Å². The Morgan fingerprint density at radius 3 is 2.55 bits per heavy atom. The van der Waals surface area contributed by atoms with E-state index >= 15 is 0 Å². The number of carbonyl (C=O) groups is 2. The normalized spacial score (nSPS) is 18.2. The number of rotatable bonds is 7. The Balaban J connectivity index is 1.32. The van der Waals surface area contributed by atoms with Gasteiger partial charge in [0, 0.05) is 37.7 Å². The van der Waals surface area contributed by atoms with Crippen LogP contribution in [0.3, 0.4) is 0 Å². The molecule has 0 radical (unpaired) electrons. The van der Waals surface area contributed by atoms with E-state index in [9.17, 15) is 19.8 Å². The highest BCUT2D eigenvalue weighted by atomic mass is 16.3. The van der Waals surface area contributed by atoms with E-state index in [0.717, 1.165) is 11.1 Å². The number of carbonyl (C=O) groups excluding carboxylic acids is 2. The van der Waals surface area contributed by atoms with Crippen molar-refractivity contribution in [1.29, 1.82) is 0 Å². The lowest BCUT2D eigenvalue weighted by Gasteiger charge is -2.34. The number of aromatic nitrogens is 1. The van der Waals surface area contributed by atoms with Gasteiger partial charge in [0.2, 0.25) is 11.8 Å². The Labute approximate surface area is 191 Å². The Morgan fingerprint density at radius 1 is 1.09 bits per heavy atom. The van der Waals surface area contributed by atoms with Crippen molar-refractivity contribution in [1.82, 2.24) is 15.2 Å². The minimum absolute atomic E-state index is 0.0470. The number of nitrogens with zero attached hydrogens (tertiary/aromatic N) is 2. The number of piperidine rings is 1. The zero-order valence-corrected chi connectivity index (χ0v) is 18.2. The van der Waals surface area contributed by atoms with Gasteiger partial charge in [-0.15, -0.1) is 0 Å². The first kappa shape index (κ1) is 22.7. The van der Waals surface area contributed by atoms with Gasteiger partial charge in [0.25, 0.3) is 5.91 Å². The highest BCUT2D eigenvalue weighted by molar-refractivity contribution is 5.92. The van der Waals surface area contributed by atoms with Crippen molar-refractivity contribution in [3.63, 3.8) is 0 Å². The average Bonchev–Trinajstić information content (AvgIpc) is 3.33. The predicted octanol–water partition coefficient (Wildman–Crippen LogP) is 2.02. The molecule has 8 nitrogen and oxygen atoms in total. The SMILES string of the molecule is O=C(Cc1ccccc1)NCc1ccc(-c2nc(C(=O)N3CC[C@H](CO)[C@@H](O)C3)co2)cc1. The van der Waals surface area contributed by atoms with E-state index in [1.807, 2.05) is 54.6 Å². The molecule has 0 aliphatic carbocycles. The molecule has 172 valence electrons. The van der Waals surface area contributed by atoms with Crippen molar-refractivity contribution >= 4 is 11.8 Å². The number of likely N-dealkylation sites (tertiary alicyclic amines) is 1. The first-order valence-corrected chi connectivity index (χ1v) is 11.0. The van der Waals surface area contributed by atoms with Crippen molar-refractivity contribution in [2.45, 2.75) is 25.5 Å². The quantitative estimate of drug-likeness (QED) is 0.508. The molecule has 0 spiro atoms. The summed E-state index contributed by atoms with van der Waals surface area (Å²) < 4.78 is 5.51. The fourth-order valence-electron chi connectivity index (χ4n) is 3.85. The standard InChI is InChI=1S/C25H27N3O5/c29-15-20-10-11-28(14-22(20)30)25(32)21-16-33-24(27-21)19-8-6-18(7-9-19)13-26-23(31)12-17-4-2-1-3-5-17/h1-9,16,20,22,29-30H,10-15H2,(H,26,31)/t20-,22+/m1/s1. The van der Waals surface area contributed by atoms with Crippen LogP contribution in [0.15, 0.2) is 65.3 Å². The van der Waals surface area contributed by atoms with E-state index in [1.54, 1.807) is 0 Å². The number of benzene rings is 2. The maximum Gasteiger partial charge on any atom is 0.275 e. The largest absolute Gasteiger partial charge is 0.444 e. The molecule has 3 N–H and O–H groups in total. The molecule has 8 heteroatoms. The summed E-state index contributed by atoms with van der Waals surface area (Å²) in [6.45, 7) is 0.933. The van der Waals surface area contributed by atoms with Crippen LogP contribution in [0.1, 0.15) is 28.0 Å². The predicted molar refractivity (Wildman–Crippen MR) is 121 cm³/mol. The Kier molecular flexibility index (Phi) is 7.16. The topological polar surface area (TPSA) is 116 Å². The minimum atomic E-state index is -0.750. The van der Waals surface area contributed by atoms with E-state index in [-0.39, 0.29) is 36.6 Å². The number of nitrogens with one attached hydrogen (secondary N) is 1. The van der Waals surface area contributed by atoms with Gasteiger partial charge >= 0.3 is 0 Å².